The number of para-hydroxylation sites is 1. The summed E-state index contributed by atoms with van der Waals surface area (Å²) in [7, 11) is -3.74. The number of anilines is 1. The van der Waals surface area contributed by atoms with Gasteiger partial charge in [0.1, 0.15) is 5.75 Å². The molecule has 1 unspecified atom stereocenters. The van der Waals surface area contributed by atoms with Crippen molar-refractivity contribution in [2.24, 2.45) is 5.73 Å². The maximum absolute atomic E-state index is 12.9. The van der Waals surface area contributed by atoms with Gasteiger partial charge < -0.3 is 15.8 Å². The number of carbonyl (C=O) groups is 2. The van der Waals surface area contributed by atoms with E-state index in [1.54, 1.807) is 13.0 Å². The van der Waals surface area contributed by atoms with Crippen molar-refractivity contribution < 1.29 is 22.7 Å². The van der Waals surface area contributed by atoms with E-state index in [1.165, 1.54) is 22.5 Å². The maximum Gasteiger partial charge on any atom is 0.265 e. The smallest absolute Gasteiger partial charge is 0.265 e. The molecule has 3 N–H and O–H groups in total. The third kappa shape index (κ3) is 5.36. The molecule has 1 aliphatic rings. The molecule has 0 spiro atoms. The summed E-state index contributed by atoms with van der Waals surface area (Å²) in [5, 5.41) is 2.87. The minimum absolute atomic E-state index is 0.0329. The number of sulfonamides is 1. The van der Waals surface area contributed by atoms with Gasteiger partial charge in [-0.1, -0.05) is 48.5 Å². The third-order valence-electron chi connectivity index (χ3n) is 5.86. The molecule has 1 saturated heterocycles. The average molecular weight is 494 g/mol. The van der Waals surface area contributed by atoms with Crippen molar-refractivity contribution in [1.29, 1.82) is 0 Å². The predicted molar refractivity (Wildman–Crippen MR) is 134 cm³/mol. The average Bonchev–Trinajstić information content (AvgIpc) is 3.41. The lowest BCUT2D eigenvalue weighted by molar-refractivity contribution is -0.122. The van der Waals surface area contributed by atoms with Crippen LogP contribution in [0.1, 0.15) is 30.1 Å². The first kappa shape index (κ1) is 24.4. The minimum atomic E-state index is -3.74. The first-order valence-electron chi connectivity index (χ1n) is 11.3. The van der Waals surface area contributed by atoms with Gasteiger partial charge in [0.2, 0.25) is 10.0 Å². The molecule has 9 heteroatoms. The Kier molecular flexibility index (Phi) is 7.18. The van der Waals surface area contributed by atoms with Crippen LogP contribution in [0.5, 0.6) is 5.75 Å². The largest absolute Gasteiger partial charge is 0.480 e. The molecule has 0 aliphatic carbocycles. The second kappa shape index (κ2) is 10.3. The molecule has 1 heterocycles. The molecule has 2 amide bonds. The summed E-state index contributed by atoms with van der Waals surface area (Å²) in [5.74, 6) is -1.24. The third-order valence-corrected chi connectivity index (χ3v) is 7.76. The molecule has 3 aromatic rings. The summed E-state index contributed by atoms with van der Waals surface area (Å²) >= 11 is 0. The highest BCUT2D eigenvalue weighted by atomic mass is 32.2. The molecule has 0 radical (unpaired) electrons. The highest BCUT2D eigenvalue weighted by molar-refractivity contribution is 7.89. The van der Waals surface area contributed by atoms with Gasteiger partial charge in [-0.15, -0.1) is 0 Å². The lowest BCUT2D eigenvalue weighted by Gasteiger charge is -2.19. The zero-order chi connectivity index (χ0) is 25.0. The normalized spacial score (nSPS) is 14.9. The Balaban J connectivity index is 1.54. The van der Waals surface area contributed by atoms with Crippen LogP contribution in [0.2, 0.25) is 0 Å². The van der Waals surface area contributed by atoms with Gasteiger partial charge in [-0.05, 0) is 49.6 Å². The van der Waals surface area contributed by atoms with Crippen LogP contribution in [-0.2, 0) is 14.8 Å². The molecule has 1 fully saturated rings. The van der Waals surface area contributed by atoms with Crippen molar-refractivity contribution in [1.82, 2.24) is 4.31 Å². The number of ether oxygens (including phenoxy) is 1. The van der Waals surface area contributed by atoms with Crippen LogP contribution in [0.25, 0.3) is 11.1 Å². The van der Waals surface area contributed by atoms with Crippen LogP contribution < -0.4 is 15.8 Å². The number of hydrogen-bond acceptors (Lipinski definition) is 5. The molecule has 8 nitrogen and oxygen atoms in total. The van der Waals surface area contributed by atoms with E-state index in [0.717, 1.165) is 24.0 Å². The van der Waals surface area contributed by atoms with Gasteiger partial charge in [0.25, 0.3) is 11.8 Å². The number of hydrogen-bond donors (Lipinski definition) is 2. The minimum Gasteiger partial charge on any atom is -0.480 e. The number of rotatable bonds is 8. The first-order valence-corrected chi connectivity index (χ1v) is 12.8. The molecule has 0 aromatic heterocycles. The molecule has 4 rings (SSSR count). The van der Waals surface area contributed by atoms with Gasteiger partial charge in [0.15, 0.2) is 6.10 Å². The quantitative estimate of drug-likeness (QED) is 0.497. The molecule has 0 saturated carbocycles. The Morgan fingerprint density at radius 2 is 1.63 bits per heavy atom. The van der Waals surface area contributed by atoms with Gasteiger partial charge in [0, 0.05) is 24.3 Å². The fraction of sp³-hybridized carbons (Fsp3) is 0.231. The Bertz CT molecular complexity index is 1340. The number of nitrogens with zero attached hydrogens (tertiary/aromatic N) is 1. The Morgan fingerprint density at radius 1 is 0.971 bits per heavy atom. The number of carbonyl (C=O) groups excluding carboxylic acids is 2. The molecule has 0 bridgehead atoms. The topological polar surface area (TPSA) is 119 Å². The van der Waals surface area contributed by atoms with Crippen LogP contribution >= 0.6 is 0 Å². The number of nitrogens with two attached hydrogens (primary N) is 1. The van der Waals surface area contributed by atoms with Crippen LogP contribution in [0.3, 0.4) is 0 Å². The molecule has 1 atom stereocenters. The van der Waals surface area contributed by atoms with Crippen molar-refractivity contribution in [2.75, 3.05) is 18.4 Å². The molecule has 1 aliphatic heterocycles. The molecule has 182 valence electrons. The number of amides is 2. The van der Waals surface area contributed by atoms with Gasteiger partial charge in [-0.3, -0.25) is 9.59 Å². The first-order chi connectivity index (χ1) is 16.8. The summed E-state index contributed by atoms with van der Waals surface area (Å²) in [6.45, 7) is 2.42. The lowest BCUT2D eigenvalue weighted by atomic mass is 10.0. The fourth-order valence-electron chi connectivity index (χ4n) is 3.98. The van der Waals surface area contributed by atoms with E-state index in [2.05, 4.69) is 5.32 Å². The van der Waals surface area contributed by atoms with Crippen molar-refractivity contribution in [3.8, 4) is 16.9 Å². The van der Waals surface area contributed by atoms with Gasteiger partial charge in [-0.25, -0.2) is 8.42 Å². The van der Waals surface area contributed by atoms with E-state index in [0.29, 0.717) is 18.8 Å². The summed E-state index contributed by atoms with van der Waals surface area (Å²) in [6, 6.07) is 21.0. The Hall–Kier alpha value is -3.69. The maximum atomic E-state index is 12.9. The summed E-state index contributed by atoms with van der Waals surface area (Å²) in [6.07, 6.45) is 0.602. The fourth-order valence-corrected chi connectivity index (χ4v) is 5.53. The van der Waals surface area contributed by atoms with E-state index >= 15 is 0 Å². The lowest BCUT2D eigenvalue weighted by Crippen LogP contribution is -2.31. The Morgan fingerprint density at radius 3 is 2.31 bits per heavy atom. The number of primary amides is 1. The van der Waals surface area contributed by atoms with Crippen molar-refractivity contribution >= 4 is 27.5 Å². The van der Waals surface area contributed by atoms with Crippen LogP contribution in [0, 0.1) is 0 Å². The second-order valence-corrected chi connectivity index (χ2v) is 10.2. The Labute approximate surface area is 204 Å². The van der Waals surface area contributed by atoms with E-state index in [1.807, 2.05) is 48.5 Å². The second-order valence-electron chi connectivity index (χ2n) is 8.29. The van der Waals surface area contributed by atoms with Gasteiger partial charge in [-0.2, -0.15) is 4.31 Å². The van der Waals surface area contributed by atoms with E-state index < -0.39 is 27.9 Å². The van der Waals surface area contributed by atoms with E-state index in [-0.39, 0.29) is 16.2 Å². The summed E-state index contributed by atoms with van der Waals surface area (Å²) in [5.41, 5.74) is 7.82. The van der Waals surface area contributed by atoms with Crippen molar-refractivity contribution in [3.05, 3.63) is 78.4 Å². The zero-order valence-corrected chi connectivity index (χ0v) is 20.1. The highest BCUT2D eigenvalue weighted by Gasteiger charge is 2.29. The predicted octanol–water partition coefficient (Wildman–Crippen LogP) is 3.64. The monoisotopic (exact) mass is 493 g/mol. The molecule has 3 aromatic carbocycles. The van der Waals surface area contributed by atoms with Crippen LogP contribution in [-0.4, -0.2) is 43.7 Å². The van der Waals surface area contributed by atoms with Gasteiger partial charge in [0.05, 0.1) is 10.5 Å². The van der Waals surface area contributed by atoms with Crippen LogP contribution in [0.4, 0.5) is 5.69 Å². The molecular formula is C26H27N3O5S. The van der Waals surface area contributed by atoms with Crippen molar-refractivity contribution in [3.63, 3.8) is 0 Å². The van der Waals surface area contributed by atoms with Crippen LogP contribution in [0.15, 0.2) is 77.7 Å². The van der Waals surface area contributed by atoms with E-state index in [9.17, 15) is 18.0 Å². The SMILES string of the molecule is CC(Oc1ccc(S(=O)(=O)N2CCCC2)cc1C(N)=O)C(=O)Nc1ccccc1-c1ccccc1. The van der Waals surface area contributed by atoms with Crippen molar-refractivity contribution in [2.45, 2.75) is 30.8 Å². The molecular weight excluding hydrogens is 466 g/mol. The number of benzene rings is 3. The van der Waals surface area contributed by atoms with Gasteiger partial charge >= 0.3 is 0 Å². The standard InChI is InChI=1S/C26H27N3O5S/c1-18(26(31)28-23-12-6-5-11-21(23)19-9-3-2-4-10-19)34-24-14-13-20(17-22(24)25(27)30)35(32,33)29-15-7-8-16-29/h2-6,9-14,17-18H,7-8,15-16H2,1H3,(H2,27,30)(H,28,31). The summed E-state index contributed by atoms with van der Waals surface area (Å²) < 4.78 is 32.9. The number of nitrogens with one attached hydrogen (secondary N) is 1. The molecule has 35 heavy (non-hydrogen) atoms. The highest BCUT2D eigenvalue weighted by Crippen LogP contribution is 2.29. The zero-order valence-electron chi connectivity index (χ0n) is 19.3. The van der Waals surface area contributed by atoms with E-state index in [4.69, 9.17) is 10.5 Å². The summed E-state index contributed by atoms with van der Waals surface area (Å²) in [4.78, 5) is 25.0.